The molecular formula is C30H27ClO5. The zero-order valence-corrected chi connectivity index (χ0v) is 20.9. The van der Waals surface area contributed by atoms with E-state index in [1.54, 1.807) is 26.4 Å². The van der Waals surface area contributed by atoms with E-state index in [4.69, 9.17) is 30.9 Å². The van der Waals surface area contributed by atoms with Gasteiger partial charge in [0.05, 0.1) is 19.8 Å². The molecule has 0 saturated carbocycles. The fraction of sp³-hybridized carbons (Fsp3) is 0.167. The third-order valence-electron chi connectivity index (χ3n) is 5.89. The van der Waals surface area contributed by atoms with Gasteiger partial charge < -0.3 is 19.3 Å². The molecule has 36 heavy (non-hydrogen) atoms. The Morgan fingerprint density at radius 1 is 0.806 bits per heavy atom. The van der Waals surface area contributed by atoms with Crippen molar-refractivity contribution in [2.24, 2.45) is 0 Å². The molecule has 5 nitrogen and oxygen atoms in total. The van der Waals surface area contributed by atoms with Gasteiger partial charge in [-0.1, -0.05) is 54.1 Å². The lowest BCUT2D eigenvalue weighted by molar-refractivity contribution is 0.0697. The van der Waals surface area contributed by atoms with Gasteiger partial charge in [0.2, 0.25) is 0 Å². The van der Waals surface area contributed by atoms with Crippen LogP contribution in [0.25, 0.3) is 11.1 Å². The fourth-order valence-corrected chi connectivity index (χ4v) is 4.28. The lowest BCUT2D eigenvalue weighted by Gasteiger charge is -2.18. The first-order valence-electron chi connectivity index (χ1n) is 11.5. The van der Waals surface area contributed by atoms with E-state index in [9.17, 15) is 4.79 Å². The van der Waals surface area contributed by atoms with E-state index in [1.807, 2.05) is 72.8 Å². The molecule has 0 saturated heterocycles. The van der Waals surface area contributed by atoms with Crippen molar-refractivity contribution < 1.29 is 24.1 Å². The first kappa shape index (κ1) is 25.1. The van der Waals surface area contributed by atoms with E-state index in [1.165, 1.54) is 0 Å². The van der Waals surface area contributed by atoms with Crippen LogP contribution in [0.3, 0.4) is 0 Å². The van der Waals surface area contributed by atoms with E-state index in [-0.39, 0.29) is 5.56 Å². The molecule has 0 spiro atoms. The number of halogens is 1. The molecule has 0 fully saturated rings. The highest BCUT2D eigenvalue weighted by Crippen LogP contribution is 2.38. The van der Waals surface area contributed by atoms with Crippen LogP contribution < -0.4 is 14.2 Å². The quantitative estimate of drug-likeness (QED) is 0.251. The first-order valence-corrected chi connectivity index (χ1v) is 11.9. The first-order chi connectivity index (χ1) is 17.5. The Bertz CT molecular complexity index is 1310. The molecule has 0 aliphatic rings. The van der Waals surface area contributed by atoms with Crippen LogP contribution in [0.5, 0.6) is 17.2 Å². The van der Waals surface area contributed by atoms with Crippen molar-refractivity contribution in [3.05, 3.63) is 112 Å². The molecule has 1 N–H and O–H groups in total. The summed E-state index contributed by atoms with van der Waals surface area (Å²) < 4.78 is 17.3. The molecule has 0 bridgehead atoms. The van der Waals surface area contributed by atoms with Crippen LogP contribution in [-0.2, 0) is 19.4 Å². The highest BCUT2D eigenvalue weighted by molar-refractivity contribution is 6.31. The largest absolute Gasteiger partial charge is 0.497 e. The highest BCUT2D eigenvalue weighted by atomic mass is 35.5. The Hall–Kier alpha value is -3.96. The molecule has 0 unspecified atom stereocenters. The Balaban J connectivity index is 1.66. The summed E-state index contributed by atoms with van der Waals surface area (Å²) in [6.07, 6.45) is 1.38. The number of aryl methyl sites for hydroxylation is 2. The molecule has 4 rings (SSSR count). The average Bonchev–Trinajstić information content (AvgIpc) is 2.91. The van der Waals surface area contributed by atoms with Crippen molar-refractivity contribution in [3.8, 4) is 28.4 Å². The van der Waals surface area contributed by atoms with Crippen molar-refractivity contribution in [3.63, 3.8) is 0 Å². The zero-order chi connectivity index (χ0) is 25.5. The minimum Gasteiger partial charge on any atom is -0.497 e. The van der Waals surface area contributed by atoms with E-state index in [0.717, 1.165) is 33.6 Å². The predicted molar refractivity (Wildman–Crippen MR) is 142 cm³/mol. The topological polar surface area (TPSA) is 65.0 Å². The van der Waals surface area contributed by atoms with Crippen molar-refractivity contribution in [1.29, 1.82) is 0 Å². The molecule has 0 amide bonds. The van der Waals surface area contributed by atoms with Crippen LogP contribution >= 0.6 is 11.6 Å². The van der Waals surface area contributed by atoms with E-state index >= 15 is 0 Å². The Morgan fingerprint density at radius 3 is 2.08 bits per heavy atom. The Kier molecular flexibility index (Phi) is 8.13. The maximum Gasteiger partial charge on any atom is 0.335 e. The molecular weight excluding hydrogens is 476 g/mol. The summed E-state index contributed by atoms with van der Waals surface area (Å²) in [4.78, 5) is 11.2. The number of rotatable bonds is 10. The number of aromatic carboxylic acids is 1. The SMILES string of the molecule is COc1cc(COc2c(CCc3ccc(C(=O)O)cc3)cc(Cl)cc2-c2ccccc2)cc(OC)c1. The number of benzene rings is 4. The summed E-state index contributed by atoms with van der Waals surface area (Å²) in [5.41, 5.74) is 5.10. The van der Waals surface area contributed by atoms with Crippen molar-refractivity contribution >= 4 is 17.6 Å². The second-order valence-corrected chi connectivity index (χ2v) is 8.76. The molecule has 0 aromatic heterocycles. The van der Waals surface area contributed by atoms with Gasteiger partial charge in [0.15, 0.2) is 0 Å². The van der Waals surface area contributed by atoms with Gasteiger partial charge in [0, 0.05) is 16.7 Å². The number of carboxylic acid groups (broad SMARTS) is 1. The van der Waals surface area contributed by atoms with Crippen molar-refractivity contribution in [1.82, 2.24) is 0 Å². The van der Waals surface area contributed by atoms with E-state index < -0.39 is 5.97 Å². The Labute approximate surface area is 215 Å². The van der Waals surface area contributed by atoms with Gasteiger partial charge in [-0.05, 0) is 71.5 Å². The summed E-state index contributed by atoms with van der Waals surface area (Å²) in [7, 11) is 3.24. The standard InChI is InChI=1S/C30H27ClO5/c1-34-26-14-21(15-27(18-26)35-2)19-36-29-24(13-10-20-8-11-23(12-9-20)30(32)33)16-25(31)17-28(29)22-6-4-3-5-7-22/h3-9,11-12,14-18H,10,13,19H2,1-2H3,(H,32,33). The second kappa shape index (κ2) is 11.6. The minimum absolute atomic E-state index is 0.269. The smallest absolute Gasteiger partial charge is 0.335 e. The lowest BCUT2D eigenvalue weighted by atomic mass is 9.97. The molecule has 4 aromatic rings. The second-order valence-electron chi connectivity index (χ2n) is 8.32. The number of hydrogen-bond acceptors (Lipinski definition) is 4. The van der Waals surface area contributed by atoms with Crippen LogP contribution in [0, 0.1) is 0 Å². The van der Waals surface area contributed by atoms with Crippen LogP contribution in [-0.4, -0.2) is 25.3 Å². The van der Waals surface area contributed by atoms with Crippen LogP contribution in [0.1, 0.15) is 27.0 Å². The number of carboxylic acids is 1. The monoisotopic (exact) mass is 502 g/mol. The number of carbonyl (C=O) groups is 1. The molecule has 6 heteroatoms. The van der Waals surface area contributed by atoms with Crippen LogP contribution in [0.15, 0.2) is 84.9 Å². The zero-order valence-electron chi connectivity index (χ0n) is 20.2. The minimum atomic E-state index is -0.936. The molecule has 0 radical (unpaired) electrons. The van der Waals surface area contributed by atoms with Crippen molar-refractivity contribution in [2.45, 2.75) is 19.4 Å². The molecule has 4 aromatic carbocycles. The summed E-state index contributed by atoms with van der Waals surface area (Å²) in [6.45, 7) is 0.315. The van der Waals surface area contributed by atoms with E-state index in [0.29, 0.717) is 36.0 Å². The van der Waals surface area contributed by atoms with Crippen molar-refractivity contribution in [2.75, 3.05) is 14.2 Å². The summed E-state index contributed by atoms with van der Waals surface area (Å²) in [5.74, 6) is 1.21. The predicted octanol–water partition coefficient (Wildman–Crippen LogP) is 7.09. The van der Waals surface area contributed by atoms with Gasteiger partial charge in [-0.3, -0.25) is 0 Å². The fourth-order valence-electron chi connectivity index (χ4n) is 4.04. The maximum atomic E-state index is 11.2. The average molecular weight is 503 g/mol. The van der Waals surface area contributed by atoms with Gasteiger partial charge in [-0.2, -0.15) is 0 Å². The van der Waals surface area contributed by atoms with E-state index in [2.05, 4.69) is 0 Å². The Morgan fingerprint density at radius 2 is 1.47 bits per heavy atom. The lowest BCUT2D eigenvalue weighted by Crippen LogP contribution is -2.03. The third kappa shape index (κ3) is 6.18. The van der Waals surface area contributed by atoms with Gasteiger partial charge in [0.25, 0.3) is 0 Å². The molecule has 184 valence electrons. The summed E-state index contributed by atoms with van der Waals surface area (Å²) >= 11 is 6.55. The van der Waals surface area contributed by atoms with Gasteiger partial charge in [-0.15, -0.1) is 0 Å². The van der Waals surface area contributed by atoms with Gasteiger partial charge >= 0.3 is 5.97 Å². The van der Waals surface area contributed by atoms with Crippen LogP contribution in [0.4, 0.5) is 0 Å². The van der Waals surface area contributed by atoms with Gasteiger partial charge in [0.1, 0.15) is 23.9 Å². The molecule has 0 heterocycles. The van der Waals surface area contributed by atoms with Gasteiger partial charge in [-0.25, -0.2) is 4.79 Å². The third-order valence-corrected chi connectivity index (χ3v) is 6.11. The normalized spacial score (nSPS) is 10.6. The highest BCUT2D eigenvalue weighted by Gasteiger charge is 2.15. The summed E-state index contributed by atoms with van der Waals surface area (Å²) in [6, 6.07) is 26.4. The molecule has 0 aliphatic heterocycles. The number of hydrogen-bond donors (Lipinski definition) is 1. The van der Waals surface area contributed by atoms with Crippen LogP contribution in [0.2, 0.25) is 5.02 Å². The number of ether oxygens (including phenoxy) is 3. The maximum absolute atomic E-state index is 11.2. The molecule has 0 atom stereocenters. The summed E-state index contributed by atoms with van der Waals surface area (Å²) in [5, 5.41) is 9.79. The molecule has 0 aliphatic carbocycles. The number of methoxy groups -OCH3 is 2.